The van der Waals surface area contributed by atoms with E-state index in [2.05, 4.69) is 0 Å². The molecule has 0 fully saturated rings. The third-order valence-corrected chi connectivity index (χ3v) is 3.80. The topological polar surface area (TPSA) is 40.5 Å². The van der Waals surface area contributed by atoms with Gasteiger partial charge in [-0.2, -0.15) is 0 Å². The number of hydrogen-bond acceptors (Lipinski definition) is 2. The Morgan fingerprint density at radius 3 is 1.31 bits per heavy atom. The van der Waals surface area contributed by atoms with Gasteiger partial charge in [-0.25, -0.2) is 0 Å². The summed E-state index contributed by atoms with van der Waals surface area (Å²) in [4.78, 5) is 13.2. The first-order valence-corrected chi connectivity index (χ1v) is 12.1. The minimum absolute atomic E-state index is 0.536. The number of carbonyl (C=O) groups is 1. The third kappa shape index (κ3) is 17.1. The molecular formula is C29H47NO2. The largest absolute Gasteiger partial charge is 0.480 e. The Bertz CT molecular complexity index is 627. The van der Waals surface area contributed by atoms with Crippen LogP contribution >= 0.6 is 0 Å². The molecule has 1 N–H and O–H groups in total. The van der Waals surface area contributed by atoms with E-state index in [0.29, 0.717) is 13.1 Å². The van der Waals surface area contributed by atoms with Crippen molar-refractivity contribution in [2.24, 2.45) is 0 Å². The fourth-order valence-electron chi connectivity index (χ4n) is 2.32. The van der Waals surface area contributed by atoms with Gasteiger partial charge < -0.3 is 5.11 Å². The molecule has 3 heteroatoms. The molecule has 0 aliphatic heterocycles. The molecule has 0 saturated heterocycles. The summed E-state index contributed by atoms with van der Waals surface area (Å²) >= 11 is 0. The Labute approximate surface area is 198 Å². The molecule has 0 bridgehead atoms. The van der Waals surface area contributed by atoms with Gasteiger partial charge in [0.2, 0.25) is 0 Å². The summed E-state index contributed by atoms with van der Waals surface area (Å²) < 4.78 is 0. The third-order valence-electron chi connectivity index (χ3n) is 3.80. The zero-order chi connectivity index (χ0) is 25.2. The maximum atomic E-state index is 11.3. The fourth-order valence-corrected chi connectivity index (χ4v) is 2.32. The van der Waals surface area contributed by atoms with Gasteiger partial charge in [0.05, 0.1) is 0 Å². The lowest BCUT2D eigenvalue weighted by Crippen LogP contribution is -2.39. The van der Waals surface area contributed by atoms with Crippen molar-refractivity contribution >= 4 is 18.1 Å². The van der Waals surface area contributed by atoms with E-state index >= 15 is 0 Å². The Hall–Kier alpha value is -2.65. The lowest BCUT2D eigenvalue weighted by atomic mass is 10.2. The molecule has 0 radical (unpaired) electrons. The highest BCUT2D eigenvalue weighted by atomic mass is 16.4. The van der Waals surface area contributed by atoms with Crippen LogP contribution in [0.3, 0.4) is 0 Å². The normalized spacial score (nSPS) is 10.4. The molecule has 0 saturated carbocycles. The highest BCUT2D eigenvalue weighted by Crippen LogP contribution is 2.06. The van der Waals surface area contributed by atoms with Crippen molar-refractivity contribution in [3.63, 3.8) is 0 Å². The standard InChI is InChI=1S/C21H23NO2.4C2H6/c1-18(21(23)24)22(16-8-14-19-10-4-2-5-11-19)17-9-15-20-12-6-3-7-13-20;4*1-2/h2-15,18H,16-17H2,1H3,(H,23,24);4*1-2H3/b14-8+,15-9+;;;;. The average molecular weight is 442 g/mol. The maximum absolute atomic E-state index is 11.3. The molecule has 0 heterocycles. The molecule has 32 heavy (non-hydrogen) atoms. The van der Waals surface area contributed by atoms with Crippen LogP contribution in [-0.4, -0.2) is 35.1 Å². The molecule has 2 aromatic carbocycles. The maximum Gasteiger partial charge on any atom is 0.320 e. The van der Waals surface area contributed by atoms with E-state index in [0.717, 1.165) is 11.1 Å². The van der Waals surface area contributed by atoms with Crippen molar-refractivity contribution < 1.29 is 9.90 Å². The van der Waals surface area contributed by atoms with Crippen LogP contribution in [0, 0.1) is 0 Å². The van der Waals surface area contributed by atoms with E-state index < -0.39 is 12.0 Å². The van der Waals surface area contributed by atoms with Gasteiger partial charge in [0.15, 0.2) is 0 Å². The van der Waals surface area contributed by atoms with Crippen molar-refractivity contribution in [3.05, 3.63) is 83.9 Å². The van der Waals surface area contributed by atoms with Crippen LogP contribution < -0.4 is 0 Å². The zero-order valence-electron chi connectivity index (χ0n) is 21.9. The van der Waals surface area contributed by atoms with Gasteiger partial charge in [0, 0.05) is 13.1 Å². The average Bonchev–Trinajstić information content (AvgIpc) is 2.88. The predicted octanol–water partition coefficient (Wildman–Crippen LogP) is 8.29. The number of benzene rings is 2. The second kappa shape index (κ2) is 26.4. The Morgan fingerprint density at radius 2 is 1.03 bits per heavy atom. The van der Waals surface area contributed by atoms with Crippen molar-refractivity contribution in [2.75, 3.05) is 13.1 Å². The second-order valence-electron chi connectivity index (χ2n) is 5.59. The fraction of sp³-hybridized carbons (Fsp3) is 0.414. The number of carboxylic acids is 1. The van der Waals surface area contributed by atoms with E-state index in [1.165, 1.54) is 0 Å². The number of carboxylic acid groups (broad SMARTS) is 1. The molecule has 2 rings (SSSR count). The Kier molecular flexibility index (Phi) is 28.0. The first kappa shape index (κ1) is 34.0. The van der Waals surface area contributed by atoms with Gasteiger partial charge in [0.1, 0.15) is 6.04 Å². The van der Waals surface area contributed by atoms with Gasteiger partial charge >= 0.3 is 5.97 Å². The van der Waals surface area contributed by atoms with Gasteiger partial charge in [-0.3, -0.25) is 9.69 Å². The second-order valence-corrected chi connectivity index (χ2v) is 5.59. The minimum atomic E-state index is -0.809. The lowest BCUT2D eigenvalue weighted by Gasteiger charge is -2.23. The summed E-state index contributed by atoms with van der Waals surface area (Å²) in [6.07, 6.45) is 8.04. The van der Waals surface area contributed by atoms with Crippen LogP contribution in [0.15, 0.2) is 72.8 Å². The summed E-state index contributed by atoms with van der Waals surface area (Å²) in [5.74, 6) is -0.809. The molecule has 0 amide bonds. The smallest absolute Gasteiger partial charge is 0.320 e. The number of aliphatic carboxylic acids is 1. The van der Waals surface area contributed by atoms with Crippen molar-refractivity contribution in [2.45, 2.75) is 68.4 Å². The SMILES string of the molecule is CC.CC.CC.CC.CC(C(=O)O)N(C/C=C/c1ccccc1)C/C=C/c1ccccc1. The Balaban J connectivity index is -0.000000945. The van der Waals surface area contributed by atoms with E-state index in [4.69, 9.17) is 0 Å². The number of rotatable bonds is 8. The van der Waals surface area contributed by atoms with E-state index in [1.807, 2.05) is 145 Å². The van der Waals surface area contributed by atoms with E-state index in [1.54, 1.807) is 6.92 Å². The summed E-state index contributed by atoms with van der Waals surface area (Å²) in [6, 6.07) is 19.5. The molecule has 180 valence electrons. The van der Waals surface area contributed by atoms with Crippen LogP contribution in [0.25, 0.3) is 12.2 Å². The number of hydrogen-bond donors (Lipinski definition) is 1. The van der Waals surface area contributed by atoms with Crippen LogP contribution in [0.1, 0.15) is 73.4 Å². The Morgan fingerprint density at radius 1 is 0.719 bits per heavy atom. The monoisotopic (exact) mass is 441 g/mol. The van der Waals surface area contributed by atoms with Gasteiger partial charge in [0.25, 0.3) is 0 Å². The summed E-state index contributed by atoms with van der Waals surface area (Å²) in [7, 11) is 0. The van der Waals surface area contributed by atoms with Crippen LogP contribution in [0.4, 0.5) is 0 Å². The summed E-state index contributed by atoms with van der Waals surface area (Å²) in [6.45, 7) is 18.9. The molecule has 3 nitrogen and oxygen atoms in total. The van der Waals surface area contributed by atoms with E-state index in [-0.39, 0.29) is 0 Å². The molecule has 0 spiro atoms. The zero-order valence-corrected chi connectivity index (χ0v) is 21.9. The molecule has 2 aromatic rings. The molecule has 0 aliphatic rings. The van der Waals surface area contributed by atoms with Crippen molar-refractivity contribution in [1.82, 2.24) is 4.90 Å². The number of nitrogens with zero attached hydrogens (tertiary/aromatic N) is 1. The van der Waals surface area contributed by atoms with Crippen molar-refractivity contribution in [1.29, 1.82) is 0 Å². The first-order chi connectivity index (χ1) is 15.7. The molecular weight excluding hydrogens is 394 g/mol. The highest BCUT2D eigenvalue weighted by Gasteiger charge is 2.18. The lowest BCUT2D eigenvalue weighted by molar-refractivity contribution is -0.142. The highest BCUT2D eigenvalue weighted by molar-refractivity contribution is 5.73. The van der Waals surface area contributed by atoms with Gasteiger partial charge in [-0.15, -0.1) is 0 Å². The summed E-state index contributed by atoms with van der Waals surface area (Å²) in [5.41, 5.74) is 2.22. The predicted molar refractivity (Wildman–Crippen MR) is 145 cm³/mol. The van der Waals surface area contributed by atoms with Crippen LogP contribution in [0.5, 0.6) is 0 Å². The molecule has 0 aliphatic carbocycles. The first-order valence-electron chi connectivity index (χ1n) is 12.1. The molecule has 1 unspecified atom stereocenters. The van der Waals surface area contributed by atoms with Gasteiger partial charge in [-0.05, 0) is 18.1 Å². The summed E-state index contributed by atoms with van der Waals surface area (Å²) in [5, 5.41) is 9.30. The van der Waals surface area contributed by atoms with Gasteiger partial charge in [-0.1, -0.05) is 140 Å². The van der Waals surface area contributed by atoms with Crippen LogP contribution in [0.2, 0.25) is 0 Å². The molecule has 0 aromatic heterocycles. The van der Waals surface area contributed by atoms with Crippen molar-refractivity contribution in [3.8, 4) is 0 Å². The quantitative estimate of drug-likeness (QED) is 0.448. The molecule has 1 atom stereocenters. The van der Waals surface area contributed by atoms with E-state index in [9.17, 15) is 9.90 Å². The minimum Gasteiger partial charge on any atom is -0.480 e. The van der Waals surface area contributed by atoms with Crippen LogP contribution in [-0.2, 0) is 4.79 Å².